The number of aromatic amines is 1. The van der Waals surface area contributed by atoms with E-state index in [0.717, 1.165) is 24.8 Å². The summed E-state index contributed by atoms with van der Waals surface area (Å²) in [6.07, 6.45) is 3.64. The van der Waals surface area contributed by atoms with Crippen LogP contribution in [0.1, 0.15) is 25.7 Å². The second-order valence-electron chi connectivity index (χ2n) is 5.13. The van der Waals surface area contributed by atoms with E-state index in [1.807, 2.05) is 0 Å². The summed E-state index contributed by atoms with van der Waals surface area (Å²) < 4.78 is 5.32. The standard InChI is InChI=1S/C15H16ClN3O2S/c1-21-12-7-6-9(16)8-10(12)14-17-15(19-18-14)22-13-5-3-2-4-11(13)20/h6-8,13H,2-5H2,1H3,(H,17,18,19). The van der Waals surface area contributed by atoms with Crippen molar-refractivity contribution in [1.82, 2.24) is 15.2 Å². The molecule has 5 nitrogen and oxygen atoms in total. The third-order valence-corrected chi connectivity index (χ3v) is 5.04. The number of carbonyl (C=O) groups is 1. The zero-order valence-corrected chi connectivity index (χ0v) is 13.7. The molecule has 22 heavy (non-hydrogen) atoms. The SMILES string of the molecule is COc1ccc(Cl)cc1-c1nc(SC2CCCCC2=O)n[nH]1. The highest BCUT2D eigenvalue weighted by Gasteiger charge is 2.25. The molecule has 1 heterocycles. The van der Waals surface area contributed by atoms with E-state index < -0.39 is 0 Å². The molecule has 1 unspecified atom stereocenters. The molecule has 1 aliphatic rings. The molecule has 116 valence electrons. The summed E-state index contributed by atoms with van der Waals surface area (Å²) in [4.78, 5) is 16.4. The average molecular weight is 338 g/mol. The number of benzene rings is 1. The third-order valence-electron chi connectivity index (χ3n) is 3.63. The Balaban J connectivity index is 1.82. The van der Waals surface area contributed by atoms with Gasteiger partial charge < -0.3 is 4.74 Å². The van der Waals surface area contributed by atoms with Crippen LogP contribution in [0.4, 0.5) is 0 Å². The minimum Gasteiger partial charge on any atom is -0.496 e. The summed E-state index contributed by atoms with van der Waals surface area (Å²) in [6, 6.07) is 5.33. The molecule has 0 amide bonds. The van der Waals surface area contributed by atoms with Gasteiger partial charge in [0.2, 0.25) is 5.16 Å². The summed E-state index contributed by atoms with van der Waals surface area (Å²) in [5.41, 5.74) is 0.754. The Morgan fingerprint density at radius 2 is 2.27 bits per heavy atom. The van der Waals surface area contributed by atoms with E-state index in [9.17, 15) is 4.79 Å². The van der Waals surface area contributed by atoms with Crippen LogP contribution in [0, 0.1) is 0 Å². The van der Waals surface area contributed by atoms with Gasteiger partial charge in [-0.25, -0.2) is 4.98 Å². The van der Waals surface area contributed by atoms with Gasteiger partial charge in [-0.05, 0) is 31.0 Å². The summed E-state index contributed by atoms with van der Waals surface area (Å²) >= 11 is 7.47. The number of ether oxygens (including phenoxy) is 1. The van der Waals surface area contributed by atoms with Crippen molar-refractivity contribution in [2.24, 2.45) is 0 Å². The van der Waals surface area contributed by atoms with E-state index in [1.165, 1.54) is 11.8 Å². The number of nitrogens with one attached hydrogen (secondary N) is 1. The lowest BCUT2D eigenvalue weighted by molar-refractivity contribution is -0.119. The first kappa shape index (κ1) is 15.4. The number of H-pyrrole nitrogens is 1. The lowest BCUT2D eigenvalue weighted by Gasteiger charge is -2.17. The first-order valence-corrected chi connectivity index (χ1v) is 8.39. The summed E-state index contributed by atoms with van der Waals surface area (Å²) in [6.45, 7) is 0. The quantitative estimate of drug-likeness (QED) is 0.920. The maximum atomic E-state index is 11.9. The Morgan fingerprint density at radius 3 is 3.05 bits per heavy atom. The molecule has 7 heteroatoms. The van der Waals surface area contributed by atoms with E-state index in [1.54, 1.807) is 25.3 Å². The Bertz CT molecular complexity index is 689. The van der Waals surface area contributed by atoms with E-state index >= 15 is 0 Å². The van der Waals surface area contributed by atoms with Crippen LogP contribution in [0.2, 0.25) is 5.02 Å². The summed E-state index contributed by atoms with van der Waals surface area (Å²) in [5, 5.41) is 8.25. The first-order chi connectivity index (χ1) is 10.7. The summed E-state index contributed by atoms with van der Waals surface area (Å²) in [7, 11) is 1.60. The minimum atomic E-state index is -0.0290. The minimum absolute atomic E-state index is 0.0290. The molecule has 1 saturated carbocycles. The maximum absolute atomic E-state index is 11.9. The lowest BCUT2D eigenvalue weighted by Crippen LogP contribution is -2.21. The lowest BCUT2D eigenvalue weighted by atomic mass is 9.99. The van der Waals surface area contributed by atoms with E-state index in [-0.39, 0.29) is 5.25 Å². The topological polar surface area (TPSA) is 67.9 Å². The van der Waals surface area contributed by atoms with Crippen LogP contribution in [0.3, 0.4) is 0 Å². The third kappa shape index (κ3) is 3.28. The molecular formula is C15H16ClN3O2S. The number of Topliss-reactive ketones (excluding diaryl/α,β-unsaturated/α-hetero) is 1. The molecule has 0 radical (unpaired) electrons. The molecule has 3 rings (SSSR count). The number of halogens is 1. The Hall–Kier alpha value is -1.53. The van der Waals surface area contributed by atoms with Gasteiger partial charge in [0, 0.05) is 11.4 Å². The van der Waals surface area contributed by atoms with E-state index in [2.05, 4.69) is 15.2 Å². The van der Waals surface area contributed by atoms with Gasteiger partial charge in [-0.1, -0.05) is 29.8 Å². The van der Waals surface area contributed by atoms with Crippen LogP contribution < -0.4 is 4.74 Å². The zero-order chi connectivity index (χ0) is 15.5. The van der Waals surface area contributed by atoms with Crippen LogP contribution in [-0.2, 0) is 4.79 Å². The van der Waals surface area contributed by atoms with E-state index in [0.29, 0.717) is 34.0 Å². The fourth-order valence-electron chi connectivity index (χ4n) is 2.49. The molecule has 1 aromatic heterocycles. The predicted octanol–water partition coefficient (Wildman–Crippen LogP) is 3.74. The number of rotatable bonds is 4. The molecule has 1 aliphatic carbocycles. The van der Waals surface area contributed by atoms with Gasteiger partial charge in [-0.2, -0.15) is 0 Å². The van der Waals surface area contributed by atoms with Gasteiger partial charge in [0.25, 0.3) is 0 Å². The number of thioether (sulfide) groups is 1. The average Bonchev–Trinajstić information content (AvgIpc) is 2.98. The Kier molecular flexibility index (Phi) is 4.69. The van der Waals surface area contributed by atoms with Gasteiger partial charge >= 0.3 is 0 Å². The number of ketones is 1. The molecule has 1 atom stereocenters. The first-order valence-electron chi connectivity index (χ1n) is 7.13. The number of hydrogen-bond donors (Lipinski definition) is 1. The fraction of sp³-hybridized carbons (Fsp3) is 0.400. The number of nitrogens with zero attached hydrogens (tertiary/aromatic N) is 2. The smallest absolute Gasteiger partial charge is 0.209 e. The normalized spacial score (nSPS) is 18.5. The van der Waals surface area contributed by atoms with Crippen LogP contribution in [0.15, 0.2) is 23.4 Å². The molecule has 2 aromatic rings. The van der Waals surface area contributed by atoms with Crippen molar-refractivity contribution < 1.29 is 9.53 Å². The zero-order valence-electron chi connectivity index (χ0n) is 12.1. The number of aromatic nitrogens is 3. The molecule has 1 N–H and O–H groups in total. The van der Waals surface area contributed by atoms with Gasteiger partial charge in [0.1, 0.15) is 11.5 Å². The van der Waals surface area contributed by atoms with Crippen molar-refractivity contribution in [3.63, 3.8) is 0 Å². The highest BCUT2D eigenvalue weighted by molar-refractivity contribution is 8.00. The monoisotopic (exact) mass is 337 g/mol. The molecule has 0 bridgehead atoms. The van der Waals surface area contributed by atoms with Crippen LogP contribution in [0.5, 0.6) is 5.75 Å². The molecule has 0 spiro atoms. The van der Waals surface area contributed by atoms with Crippen molar-refractivity contribution >= 4 is 29.1 Å². The van der Waals surface area contributed by atoms with Crippen molar-refractivity contribution in [1.29, 1.82) is 0 Å². The van der Waals surface area contributed by atoms with Crippen molar-refractivity contribution in [2.45, 2.75) is 36.1 Å². The maximum Gasteiger partial charge on any atom is 0.209 e. The second-order valence-corrected chi connectivity index (χ2v) is 6.74. The van der Waals surface area contributed by atoms with Crippen molar-refractivity contribution in [3.05, 3.63) is 23.2 Å². The molecule has 1 aromatic carbocycles. The highest BCUT2D eigenvalue weighted by atomic mass is 35.5. The highest BCUT2D eigenvalue weighted by Crippen LogP contribution is 2.33. The molecule has 0 aliphatic heterocycles. The van der Waals surface area contributed by atoms with E-state index in [4.69, 9.17) is 16.3 Å². The fourth-order valence-corrected chi connectivity index (χ4v) is 3.69. The number of hydrogen-bond acceptors (Lipinski definition) is 5. The van der Waals surface area contributed by atoms with Gasteiger partial charge in [0.05, 0.1) is 17.9 Å². The molecular weight excluding hydrogens is 322 g/mol. The Morgan fingerprint density at radius 1 is 1.41 bits per heavy atom. The van der Waals surface area contributed by atoms with Crippen molar-refractivity contribution in [3.8, 4) is 17.1 Å². The largest absolute Gasteiger partial charge is 0.496 e. The van der Waals surface area contributed by atoms with Crippen molar-refractivity contribution in [2.75, 3.05) is 7.11 Å². The predicted molar refractivity (Wildman–Crippen MR) is 86.5 cm³/mol. The van der Waals surface area contributed by atoms with Crippen LogP contribution >= 0.6 is 23.4 Å². The van der Waals surface area contributed by atoms with Gasteiger partial charge in [-0.15, -0.1) is 5.10 Å². The summed E-state index contributed by atoms with van der Waals surface area (Å²) in [5.74, 6) is 1.55. The van der Waals surface area contributed by atoms with Crippen LogP contribution in [-0.4, -0.2) is 33.3 Å². The van der Waals surface area contributed by atoms with Gasteiger partial charge in [-0.3, -0.25) is 9.89 Å². The number of methoxy groups -OCH3 is 1. The van der Waals surface area contributed by atoms with Gasteiger partial charge in [0.15, 0.2) is 5.82 Å². The Labute approximate surface area is 137 Å². The van der Waals surface area contributed by atoms with Crippen LogP contribution in [0.25, 0.3) is 11.4 Å². The number of carbonyl (C=O) groups excluding carboxylic acids is 1. The molecule has 0 saturated heterocycles. The molecule has 1 fully saturated rings. The second kappa shape index (κ2) is 6.71.